The predicted octanol–water partition coefficient (Wildman–Crippen LogP) is 5.87. The van der Waals surface area contributed by atoms with Crippen molar-refractivity contribution in [2.45, 2.75) is 116 Å². The summed E-state index contributed by atoms with van der Waals surface area (Å²) in [6, 6.07) is 0. The Bertz CT molecular complexity index is 611. The maximum absolute atomic E-state index is 8.63. The van der Waals surface area contributed by atoms with Crippen LogP contribution < -0.4 is 5.36 Å². The molecule has 1 N–H and O–H groups in total. The van der Waals surface area contributed by atoms with Crippen LogP contribution in [0.5, 0.6) is 0 Å². The summed E-state index contributed by atoms with van der Waals surface area (Å²) in [5, 5.41) is 9.55. The number of nitrogens with one attached hydrogen (secondary N) is 1. The monoisotopic (exact) mass is 342 g/mol. The van der Waals surface area contributed by atoms with Gasteiger partial charge in [0, 0.05) is 17.9 Å². The zero-order valence-corrected chi connectivity index (χ0v) is 16.5. The van der Waals surface area contributed by atoms with E-state index in [0.717, 1.165) is 18.2 Å². The van der Waals surface area contributed by atoms with E-state index in [0.29, 0.717) is 0 Å². The largest absolute Gasteiger partial charge is 0.348 e. The number of pyridine rings is 1. The van der Waals surface area contributed by atoms with Crippen molar-refractivity contribution >= 4 is 0 Å². The molecule has 1 aromatic rings. The molecule has 0 aliphatic heterocycles. The minimum Gasteiger partial charge on any atom is -0.348 e. The van der Waals surface area contributed by atoms with Crippen LogP contribution in [-0.4, -0.2) is 4.57 Å². The van der Waals surface area contributed by atoms with Crippen molar-refractivity contribution in [1.82, 2.24) is 4.57 Å². The van der Waals surface area contributed by atoms with Crippen LogP contribution in [0, 0.1) is 5.41 Å². The van der Waals surface area contributed by atoms with E-state index in [-0.39, 0.29) is 0 Å². The highest BCUT2D eigenvalue weighted by atomic mass is 15.0. The summed E-state index contributed by atoms with van der Waals surface area (Å²) in [6.07, 6.45) is 21.2. The van der Waals surface area contributed by atoms with Gasteiger partial charge in [-0.2, -0.15) is 0 Å². The molecule has 0 amide bonds. The lowest BCUT2D eigenvalue weighted by Gasteiger charge is -2.26. The molecule has 25 heavy (non-hydrogen) atoms. The van der Waals surface area contributed by atoms with Crippen molar-refractivity contribution < 1.29 is 0 Å². The molecule has 0 unspecified atom stereocenters. The van der Waals surface area contributed by atoms with Crippen LogP contribution in [0.3, 0.4) is 0 Å². The minimum atomic E-state index is 0.922. The predicted molar refractivity (Wildman–Crippen MR) is 106 cm³/mol. The van der Waals surface area contributed by atoms with Crippen molar-refractivity contribution in [1.29, 1.82) is 5.41 Å². The molecular formula is C23H38N2. The van der Waals surface area contributed by atoms with Crippen LogP contribution in [0.1, 0.15) is 106 Å². The lowest BCUT2D eigenvalue weighted by molar-refractivity contribution is 0.508. The molecule has 1 aromatic heterocycles. The maximum atomic E-state index is 8.63. The van der Waals surface area contributed by atoms with Gasteiger partial charge in [0.05, 0.1) is 5.36 Å². The Morgan fingerprint density at radius 3 is 1.88 bits per heavy atom. The van der Waals surface area contributed by atoms with Crippen LogP contribution in [0.4, 0.5) is 0 Å². The van der Waals surface area contributed by atoms with E-state index in [2.05, 4.69) is 11.5 Å². The van der Waals surface area contributed by atoms with Gasteiger partial charge in [-0.25, -0.2) is 0 Å². The van der Waals surface area contributed by atoms with Crippen molar-refractivity contribution in [3.8, 4) is 0 Å². The Kier molecular flexibility index (Phi) is 7.19. The van der Waals surface area contributed by atoms with Crippen LogP contribution >= 0.6 is 0 Å². The lowest BCUT2D eigenvalue weighted by Crippen LogP contribution is -2.27. The average molecular weight is 343 g/mol. The molecule has 2 aliphatic carbocycles. The molecule has 0 saturated carbocycles. The highest BCUT2D eigenvalue weighted by Crippen LogP contribution is 2.27. The molecule has 0 spiro atoms. The SMILES string of the molecule is CCCCCCCCCCCn1c2c(c(=N)c3c1CCC3)CCCC2. The number of unbranched alkanes of at least 4 members (excludes halogenated alkanes) is 8. The third kappa shape index (κ3) is 4.57. The number of nitrogens with zero attached hydrogens (tertiary/aromatic N) is 1. The highest BCUT2D eigenvalue weighted by molar-refractivity contribution is 5.35. The Labute approximate surface area is 154 Å². The summed E-state index contributed by atoms with van der Waals surface area (Å²) < 4.78 is 2.68. The second kappa shape index (κ2) is 9.59. The van der Waals surface area contributed by atoms with Gasteiger partial charge < -0.3 is 9.98 Å². The first kappa shape index (κ1) is 18.7. The second-order valence-electron chi connectivity index (χ2n) is 8.27. The summed E-state index contributed by atoms with van der Waals surface area (Å²) in [4.78, 5) is 0. The maximum Gasteiger partial charge on any atom is 0.0638 e. The van der Waals surface area contributed by atoms with Crippen LogP contribution in [0.15, 0.2) is 0 Å². The van der Waals surface area contributed by atoms with Gasteiger partial charge in [-0.15, -0.1) is 0 Å². The Balaban J connectivity index is 1.53. The molecule has 0 fully saturated rings. The van der Waals surface area contributed by atoms with Crippen LogP contribution in [0.25, 0.3) is 0 Å². The molecule has 140 valence electrons. The van der Waals surface area contributed by atoms with E-state index in [1.54, 1.807) is 0 Å². The zero-order valence-electron chi connectivity index (χ0n) is 16.5. The van der Waals surface area contributed by atoms with Crippen molar-refractivity contribution in [2.75, 3.05) is 0 Å². The van der Waals surface area contributed by atoms with Gasteiger partial charge in [-0.05, 0) is 62.5 Å². The van der Waals surface area contributed by atoms with Gasteiger partial charge in [-0.3, -0.25) is 0 Å². The molecule has 3 rings (SSSR count). The second-order valence-corrected chi connectivity index (χ2v) is 8.27. The summed E-state index contributed by atoms with van der Waals surface area (Å²) in [5.41, 5.74) is 5.88. The fraction of sp³-hybridized carbons (Fsp3) is 0.783. The van der Waals surface area contributed by atoms with Gasteiger partial charge >= 0.3 is 0 Å². The van der Waals surface area contributed by atoms with E-state index in [1.165, 1.54) is 119 Å². The standard InChI is InChI=1S/C23H38N2/c1-2-3-4-5-6-7-8-9-12-18-25-21-16-11-10-14-19(21)23(24)20-15-13-17-22(20)25/h24H,2-18H2,1H3. The third-order valence-corrected chi connectivity index (χ3v) is 6.37. The quantitative estimate of drug-likeness (QED) is 0.516. The Hall–Kier alpha value is -1.05. The lowest BCUT2D eigenvalue weighted by atomic mass is 9.92. The molecule has 1 heterocycles. The molecule has 0 atom stereocenters. The number of hydrogen-bond acceptors (Lipinski definition) is 1. The minimum absolute atomic E-state index is 0.922. The fourth-order valence-electron chi connectivity index (χ4n) is 4.95. The first-order valence-corrected chi connectivity index (χ1v) is 11.1. The summed E-state index contributed by atoms with van der Waals surface area (Å²) in [7, 11) is 0. The Morgan fingerprint density at radius 1 is 0.680 bits per heavy atom. The number of aromatic nitrogens is 1. The van der Waals surface area contributed by atoms with Gasteiger partial charge in [0.1, 0.15) is 0 Å². The molecule has 2 nitrogen and oxygen atoms in total. The van der Waals surface area contributed by atoms with Gasteiger partial charge in [0.2, 0.25) is 0 Å². The van der Waals surface area contributed by atoms with E-state index in [4.69, 9.17) is 5.41 Å². The van der Waals surface area contributed by atoms with E-state index in [1.807, 2.05) is 0 Å². The molecular weight excluding hydrogens is 304 g/mol. The van der Waals surface area contributed by atoms with E-state index >= 15 is 0 Å². The van der Waals surface area contributed by atoms with Crippen molar-refractivity contribution in [2.24, 2.45) is 0 Å². The first-order chi connectivity index (χ1) is 12.3. The smallest absolute Gasteiger partial charge is 0.0638 e. The first-order valence-electron chi connectivity index (χ1n) is 11.1. The van der Waals surface area contributed by atoms with Crippen molar-refractivity contribution in [3.63, 3.8) is 0 Å². The summed E-state index contributed by atoms with van der Waals surface area (Å²) in [6.45, 7) is 3.50. The average Bonchev–Trinajstić information content (AvgIpc) is 3.13. The topological polar surface area (TPSA) is 28.8 Å². The number of hydrogen-bond donors (Lipinski definition) is 1. The van der Waals surface area contributed by atoms with Gasteiger partial charge in [-0.1, -0.05) is 58.3 Å². The zero-order chi connectivity index (χ0) is 17.5. The summed E-state index contributed by atoms with van der Waals surface area (Å²) in [5.74, 6) is 0. The van der Waals surface area contributed by atoms with Gasteiger partial charge in [0.25, 0.3) is 0 Å². The third-order valence-electron chi connectivity index (χ3n) is 6.37. The fourth-order valence-corrected chi connectivity index (χ4v) is 4.95. The normalized spacial score (nSPS) is 16.0. The highest BCUT2D eigenvalue weighted by Gasteiger charge is 2.23. The van der Waals surface area contributed by atoms with Crippen LogP contribution in [-0.2, 0) is 32.2 Å². The van der Waals surface area contributed by atoms with E-state index < -0.39 is 0 Å². The molecule has 0 radical (unpaired) electrons. The van der Waals surface area contributed by atoms with E-state index in [9.17, 15) is 0 Å². The molecule has 2 aliphatic rings. The molecule has 0 bridgehead atoms. The molecule has 0 aromatic carbocycles. The van der Waals surface area contributed by atoms with Gasteiger partial charge in [0.15, 0.2) is 0 Å². The van der Waals surface area contributed by atoms with Crippen LogP contribution in [0.2, 0.25) is 0 Å². The molecule has 0 saturated heterocycles. The Morgan fingerprint density at radius 2 is 1.20 bits per heavy atom. The number of rotatable bonds is 10. The number of fused-ring (bicyclic) bond motifs is 2. The molecule has 2 heteroatoms. The summed E-state index contributed by atoms with van der Waals surface area (Å²) >= 11 is 0. The van der Waals surface area contributed by atoms with Crippen molar-refractivity contribution in [3.05, 3.63) is 27.9 Å².